The summed E-state index contributed by atoms with van der Waals surface area (Å²) in [7, 11) is 0. The maximum atomic E-state index is 11.0. The standard InChI is InChI=1S/C12H13N3O5/c16-14(17)11-2-1-10(12(9-11)15(18)19)3-4-13-5-7-20-8-6-13/h1-4,9H,5-8H2. The Morgan fingerprint density at radius 2 is 1.85 bits per heavy atom. The zero-order valence-corrected chi connectivity index (χ0v) is 10.6. The summed E-state index contributed by atoms with van der Waals surface area (Å²) in [6.45, 7) is 2.67. The highest BCUT2D eigenvalue weighted by Gasteiger charge is 2.18. The van der Waals surface area contributed by atoms with Gasteiger partial charge in [0.05, 0.1) is 34.7 Å². The van der Waals surface area contributed by atoms with E-state index in [-0.39, 0.29) is 11.4 Å². The van der Waals surface area contributed by atoms with Gasteiger partial charge in [0, 0.05) is 25.4 Å². The fraction of sp³-hybridized carbons (Fsp3) is 0.333. The molecule has 0 aromatic heterocycles. The van der Waals surface area contributed by atoms with Gasteiger partial charge in [0.1, 0.15) is 0 Å². The van der Waals surface area contributed by atoms with Gasteiger partial charge in [-0.05, 0) is 12.1 Å². The van der Waals surface area contributed by atoms with Gasteiger partial charge in [-0.3, -0.25) is 20.2 Å². The zero-order chi connectivity index (χ0) is 14.5. The quantitative estimate of drug-likeness (QED) is 0.615. The zero-order valence-electron chi connectivity index (χ0n) is 10.6. The Morgan fingerprint density at radius 1 is 1.15 bits per heavy atom. The van der Waals surface area contributed by atoms with Crippen molar-refractivity contribution < 1.29 is 14.6 Å². The molecule has 1 heterocycles. The SMILES string of the molecule is O=[N+]([O-])c1ccc(C=CN2CCOCC2)c([N+](=O)[O-])c1. The van der Waals surface area contributed by atoms with Crippen LogP contribution in [0.1, 0.15) is 5.56 Å². The maximum absolute atomic E-state index is 11.0. The number of morpholine rings is 1. The number of nitrogens with zero attached hydrogens (tertiary/aromatic N) is 3. The smallest absolute Gasteiger partial charge is 0.283 e. The van der Waals surface area contributed by atoms with Gasteiger partial charge in [-0.15, -0.1) is 0 Å². The summed E-state index contributed by atoms with van der Waals surface area (Å²) in [6.07, 6.45) is 3.34. The fourth-order valence-corrected chi connectivity index (χ4v) is 1.86. The number of hydrogen-bond acceptors (Lipinski definition) is 6. The van der Waals surface area contributed by atoms with Crippen LogP contribution in [0.5, 0.6) is 0 Å². The third kappa shape index (κ3) is 3.29. The molecule has 0 aliphatic carbocycles. The van der Waals surface area contributed by atoms with Crippen molar-refractivity contribution in [1.82, 2.24) is 4.90 Å². The van der Waals surface area contributed by atoms with Crippen LogP contribution in [0.2, 0.25) is 0 Å². The Balaban J connectivity index is 2.23. The molecule has 20 heavy (non-hydrogen) atoms. The molecule has 0 spiro atoms. The molecule has 1 aliphatic rings. The second kappa shape index (κ2) is 6.11. The van der Waals surface area contributed by atoms with Crippen molar-refractivity contribution in [3.63, 3.8) is 0 Å². The van der Waals surface area contributed by atoms with Crippen LogP contribution in [0.25, 0.3) is 6.08 Å². The Kier molecular flexibility index (Phi) is 4.26. The molecule has 0 N–H and O–H groups in total. The average molecular weight is 279 g/mol. The van der Waals surface area contributed by atoms with Crippen molar-refractivity contribution in [1.29, 1.82) is 0 Å². The predicted molar refractivity (Wildman–Crippen MR) is 71.2 cm³/mol. The molecule has 1 aromatic carbocycles. The number of nitro groups is 2. The van der Waals surface area contributed by atoms with Gasteiger partial charge >= 0.3 is 0 Å². The first-order valence-electron chi connectivity index (χ1n) is 6.01. The summed E-state index contributed by atoms with van der Waals surface area (Å²) in [5, 5.41) is 21.6. The molecule has 1 saturated heterocycles. The van der Waals surface area contributed by atoms with Crippen LogP contribution in [0.15, 0.2) is 24.4 Å². The van der Waals surface area contributed by atoms with E-state index in [0.717, 1.165) is 19.2 Å². The van der Waals surface area contributed by atoms with E-state index >= 15 is 0 Å². The van der Waals surface area contributed by atoms with Crippen molar-refractivity contribution in [2.45, 2.75) is 0 Å². The van der Waals surface area contributed by atoms with Crippen molar-refractivity contribution in [2.24, 2.45) is 0 Å². The summed E-state index contributed by atoms with van der Waals surface area (Å²) >= 11 is 0. The summed E-state index contributed by atoms with van der Waals surface area (Å²) in [6, 6.07) is 3.61. The molecule has 0 bridgehead atoms. The van der Waals surface area contributed by atoms with E-state index in [1.165, 1.54) is 12.1 Å². The molecule has 1 aromatic rings. The average Bonchev–Trinajstić information content (AvgIpc) is 2.45. The van der Waals surface area contributed by atoms with Crippen molar-refractivity contribution in [3.05, 3.63) is 50.2 Å². The molecule has 106 valence electrons. The first kappa shape index (κ1) is 13.9. The minimum Gasteiger partial charge on any atom is -0.378 e. The Hall–Kier alpha value is -2.48. The summed E-state index contributed by atoms with van der Waals surface area (Å²) in [5.41, 5.74) is -0.226. The van der Waals surface area contributed by atoms with Crippen molar-refractivity contribution >= 4 is 17.5 Å². The summed E-state index contributed by atoms with van der Waals surface area (Å²) < 4.78 is 5.20. The van der Waals surface area contributed by atoms with Gasteiger partial charge in [-0.1, -0.05) is 0 Å². The van der Waals surface area contributed by atoms with Crippen LogP contribution in [0.3, 0.4) is 0 Å². The second-order valence-corrected chi connectivity index (χ2v) is 4.22. The number of non-ortho nitro benzene ring substituents is 1. The second-order valence-electron chi connectivity index (χ2n) is 4.22. The molecule has 0 radical (unpaired) electrons. The molecule has 8 nitrogen and oxygen atoms in total. The van der Waals surface area contributed by atoms with Gasteiger partial charge in [-0.2, -0.15) is 0 Å². The Labute approximate surface area is 114 Å². The molecule has 0 saturated carbocycles. The number of ether oxygens (including phenoxy) is 1. The van der Waals surface area contributed by atoms with Gasteiger partial charge < -0.3 is 9.64 Å². The lowest BCUT2D eigenvalue weighted by Gasteiger charge is -2.24. The normalized spacial score (nSPS) is 15.5. The topological polar surface area (TPSA) is 98.8 Å². The van der Waals surface area contributed by atoms with E-state index in [1.54, 1.807) is 12.3 Å². The van der Waals surface area contributed by atoms with Crippen LogP contribution in [0.4, 0.5) is 11.4 Å². The van der Waals surface area contributed by atoms with E-state index in [9.17, 15) is 20.2 Å². The molecule has 2 rings (SSSR count). The predicted octanol–water partition coefficient (Wildman–Crippen LogP) is 1.81. The van der Waals surface area contributed by atoms with Gasteiger partial charge in [0.15, 0.2) is 0 Å². The number of rotatable bonds is 4. The minimum absolute atomic E-state index is 0.274. The van der Waals surface area contributed by atoms with Crippen LogP contribution >= 0.6 is 0 Å². The van der Waals surface area contributed by atoms with Crippen LogP contribution < -0.4 is 0 Å². The van der Waals surface area contributed by atoms with Crippen LogP contribution in [-0.2, 0) is 4.74 Å². The van der Waals surface area contributed by atoms with Gasteiger partial charge in [0.2, 0.25) is 0 Å². The van der Waals surface area contributed by atoms with Crippen molar-refractivity contribution in [2.75, 3.05) is 26.3 Å². The molecule has 1 aliphatic heterocycles. The summed E-state index contributed by atoms with van der Waals surface area (Å²) in [4.78, 5) is 22.3. The first-order valence-corrected chi connectivity index (χ1v) is 6.01. The molecule has 1 fully saturated rings. The lowest BCUT2D eigenvalue weighted by atomic mass is 10.1. The summed E-state index contributed by atoms with van der Waals surface area (Å²) in [5.74, 6) is 0. The fourth-order valence-electron chi connectivity index (χ4n) is 1.86. The number of hydrogen-bond donors (Lipinski definition) is 0. The van der Waals surface area contributed by atoms with Crippen LogP contribution in [-0.4, -0.2) is 41.0 Å². The van der Waals surface area contributed by atoms with Gasteiger partial charge in [-0.25, -0.2) is 0 Å². The minimum atomic E-state index is -0.650. The highest BCUT2D eigenvalue weighted by atomic mass is 16.6. The lowest BCUT2D eigenvalue weighted by molar-refractivity contribution is -0.394. The molecule has 0 amide bonds. The molecule has 0 unspecified atom stereocenters. The highest BCUT2D eigenvalue weighted by molar-refractivity contribution is 5.63. The van der Waals surface area contributed by atoms with Crippen molar-refractivity contribution in [3.8, 4) is 0 Å². The highest BCUT2D eigenvalue weighted by Crippen LogP contribution is 2.25. The maximum Gasteiger partial charge on any atom is 0.283 e. The Bertz CT molecular complexity index is 552. The Morgan fingerprint density at radius 3 is 2.45 bits per heavy atom. The molecule has 8 heteroatoms. The number of nitro benzene ring substituents is 2. The number of benzene rings is 1. The third-order valence-electron chi connectivity index (χ3n) is 2.93. The van der Waals surface area contributed by atoms with Crippen LogP contribution in [0, 0.1) is 20.2 Å². The molecular formula is C12H13N3O5. The van der Waals surface area contributed by atoms with E-state index in [1.807, 2.05) is 4.90 Å². The van der Waals surface area contributed by atoms with E-state index < -0.39 is 9.85 Å². The van der Waals surface area contributed by atoms with E-state index in [4.69, 9.17) is 4.74 Å². The lowest BCUT2D eigenvalue weighted by Crippen LogP contribution is -2.31. The monoisotopic (exact) mass is 279 g/mol. The molecule has 0 atom stereocenters. The first-order chi connectivity index (χ1) is 9.58. The largest absolute Gasteiger partial charge is 0.378 e. The van der Waals surface area contributed by atoms with Gasteiger partial charge in [0.25, 0.3) is 11.4 Å². The molecular weight excluding hydrogens is 266 g/mol. The van der Waals surface area contributed by atoms with E-state index in [0.29, 0.717) is 18.8 Å². The van der Waals surface area contributed by atoms with E-state index in [2.05, 4.69) is 0 Å². The third-order valence-corrected chi connectivity index (χ3v) is 2.93.